The molecule has 0 atom stereocenters. The Morgan fingerprint density at radius 1 is 0.705 bits per heavy atom. The van der Waals surface area contributed by atoms with Crippen LogP contribution < -0.4 is 16.2 Å². The van der Waals surface area contributed by atoms with Gasteiger partial charge in [0, 0.05) is 22.8 Å². The van der Waals surface area contributed by atoms with Gasteiger partial charge < -0.3 is 5.73 Å². The zero-order valence-corrected chi connectivity index (χ0v) is 24.4. The fraction of sp³-hybridized carbons (Fsp3) is 0.0526. The largest absolute Gasteiger partial charge is 0.383 e. The Labute approximate surface area is 257 Å². The van der Waals surface area contributed by atoms with Gasteiger partial charge in [-0.3, -0.25) is 15.0 Å². The molecule has 7 aromatic rings. The third kappa shape index (κ3) is 5.03. The van der Waals surface area contributed by atoms with Crippen LogP contribution in [0.2, 0.25) is 0 Å². The molecule has 0 aliphatic carbocycles. The number of aromatic nitrogens is 3. The zero-order valence-electron chi connectivity index (χ0n) is 24.4. The van der Waals surface area contributed by atoms with Crippen molar-refractivity contribution in [1.29, 1.82) is 0 Å². The number of nitrogen functional groups attached to an aromatic ring is 1. The molecule has 3 N–H and O–H groups in total. The zero-order chi connectivity index (χ0) is 29.9. The highest BCUT2D eigenvalue weighted by Gasteiger charge is 2.23. The lowest BCUT2D eigenvalue weighted by atomic mass is 10.0. The number of benzene rings is 4. The number of fused-ring (bicyclic) bond motifs is 1. The average Bonchev–Trinajstić information content (AvgIpc) is 3.38. The standard InChI is InChI=1S/C38H32N6/c1-2-32-35(23-14-24-40-32)44(42-37-31-21-12-13-22-34(31)43(38(37)39)30-19-10-5-11-20-30)36-26-29(27-15-6-3-7-16-27)25-33(41-36)28-17-8-4-9-18-28/h3-26,42H,2,39H2,1H3. The summed E-state index contributed by atoms with van der Waals surface area (Å²) in [5.41, 5.74) is 19.5. The summed E-state index contributed by atoms with van der Waals surface area (Å²) >= 11 is 0. The van der Waals surface area contributed by atoms with Crippen LogP contribution in [-0.2, 0) is 6.42 Å². The van der Waals surface area contributed by atoms with Crippen LogP contribution >= 0.6 is 0 Å². The van der Waals surface area contributed by atoms with E-state index in [9.17, 15) is 0 Å². The molecule has 0 fully saturated rings. The molecule has 0 unspecified atom stereocenters. The van der Waals surface area contributed by atoms with Crippen LogP contribution in [0, 0.1) is 0 Å². The molecule has 0 saturated heterocycles. The van der Waals surface area contributed by atoms with Gasteiger partial charge in [0.05, 0.1) is 22.6 Å². The average molecular weight is 573 g/mol. The number of hydrazine groups is 1. The molecule has 6 nitrogen and oxygen atoms in total. The third-order valence-corrected chi connectivity index (χ3v) is 7.81. The van der Waals surface area contributed by atoms with Gasteiger partial charge in [0.25, 0.3) is 0 Å². The van der Waals surface area contributed by atoms with E-state index in [2.05, 4.69) is 95.8 Å². The molecule has 7 rings (SSSR count). The second kappa shape index (κ2) is 11.8. The lowest BCUT2D eigenvalue weighted by Gasteiger charge is -2.28. The SMILES string of the molecule is CCc1ncccc1N(Nc1c(N)n(-c2ccccc2)c2ccccc12)c1cc(-c2ccccc2)cc(-c2ccccc2)n1. The van der Waals surface area contributed by atoms with Gasteiger partial charge in [-0.1, -0.05) is 104 Å². The first-order chi connectivity index (χ1) is 21.7. The Balaban J connectivity index is 1.46. The number of aryl methyl sites for hydroxylation is 1. The van der Waals surface area contributed by atoms with Crippen LogP contribution in [-0.4, -0.2) is 14.5 Å². The summed E-state index contributed by atoms with van der Waals surface area (Å²) in [6, 6.07) is 47.4. The minimum absolute atomic E-state index is 0.604. The highest BCUT2D eigenvalue weighted by Crippen LogP contribution is 2.39. The van der Waals surface area contributed by atoms with Gasteiger partial charge >= 0.3 is 0 Å². The van der Waals surface area contributed by atoms with Crippen molar-refractivity contribution in [3.8, 4) is 28.1 Å². The molecule has 3 aromatic heterocycles. The first kappa shape index (κ1) is 27.0. The van der Waals surface area contributed by atoms with Crippen LogP contribution in [0.25, 0.3) is 39.0 Å². The fourth-order valence-electron chi connectivity index (χ4n) is 5.68. The Kier molecular flexibility index (Phi) is 7.22. The lowest BCUT2D eigenvalue weighted by Crippen LogP contribution is -2.27. The molecule has 0 radical (unpaired) electrons. The summed E-state index contributed by atoms with van der Waals surface area (Å²) in [6.07, 6.45) is 2.58. The van der Waals surface area contributed by atoms with Gasteiger partial charge in [-0.2, -0.15) is 0 Å². The topological polar surface area (TPSA) is 72.0 Å². The maximum absolute atomic E-state index is 7.00. The van der Waals surface area contributed by atoms with E-state index in [-0.39, 0.29) is 0 Å². The van der Waals surface area contributed by atoms with Crippen molar-refractivity contribution in [2.24, 2.45) is 0 Å². The first-order valence-corrected chi connectivity index (χ1v) is 14.8. The number of anilines is 4. The minimum atomic E-state index is 0.604. The second-order valence-corrected chi connectivity index (χ2v) is 10.5. The van der Waals surface area contributed by atoms with E-state index in [1.54, 1.807) is 0 Å². The molecule has 0 aliphatic rings. The van der Waals surface area contributed by atoms with Gasteiger partial charge in [-0.25, -0.2) is 9.99 Å². The van der Waals surface area contributed by atoms with E-state index in [0.29, 0.717) is 5.82 Å². The quantitative estimate of drug-likeness (QED) is 0.178. The molecule has 0 aliphatic heterocycles. The number of nitrogens with zero attached hydrogens (tertiary/aromatic N) is 4. The summed E-state index contributed by atoms with van der Waals surface area (Å²) in [5.74, 6) is 1.33. The fourth-order valence-corrected chi connectivity index (χ4v) is 5.68. The summed E-state index contributed by atoms with van der Waals surface area (Å²) in [6.45, 7) is 2.11. The van der Waals surface area contributed by atoms with Crippen molar-refractivity contribution in [2.45, 2.75) is 13.3 Å². The molecule has 0 amide bonds. The maximum atomic E-state index is 7.00. The molecule has 3 heterocycles. The van der Waals surface area contributed by atoms with Crippen LogP contribution in [0.5, 0.6) is 0 Å². The lowest BCUT2D eigenvalue weighted by molar-refractivity contribution is 0.993. The highest BCUT2D eigenvalue weighted by molar-refractivity contribution is 6.02. The smallest absolute Gasteiger partial charge is 0.153 e. The number of nitrogens with two attached hydrogens (primary N) is 1. The van der Waals surface area contributed by atoms with E-state index in [1.807, 2.05) is 71.9 Å². The predicted molar refractivity (Wildman–Crippen MR) is 182 cm³/mol. The molecule has 0 bridgehead atoms. The first-order valence-electron chi connectivity index (χ1n) is 14.8. The van der Waals surface area contributed by atoms with E-state index in [4.69, 9.17) is 15.7 Å². The van der Waals surface area contributed by atoms with E-state index in [0.717, 1.165) is 68.3 Å². The molecular formula is C38H32N6. The summed E-state index contributed by atoms with van der Waals surface area (Å²) < 4.78 is 2.09. The summed E-state index contributed by atoms with van der Waals surface area (Å²) in [5, 5.41) is 3.03. The van der Waals surface area contributed by atoms with Crippen molar-refractivity contribution >= 4 is 33.9 Å². The number of hydrogen-bond acceptors (Lipinski definition) is 5. The van der Waals surface area contributed by atoms with Crippen molar-refractivity contribution in [1.82, 2.24) is 14.5 Å². The van der Waals surface area contributed by atoms with Crippen molar-refractivity contribution in [3.63, 3.8) is 0 Å². The molecule has 6 heteroatoms. The molecule has 214 valence electrons. The summed E-state index contributed by atoms with van der Waals surface area (Å²) in [7, 11) is 0. The van der Waals surface area contributed by atoms with Crippen molar-refractivity contribution in [3.05, 3.63) is 151 Å². The third-order valence-electron chi connectivity index (χ3n) is 7.81. The number of nitrogens with one attached hydrogen (secondary N) is 1. The molecule has 0 spiro atoms. The van der Waals surface area contributed by atoms with E-state index in [1.165, 1.54) is 0 Å². The van der Waals surface area contributed by atoms with Gasteiger partial charge in [-0.05, 0) is 60.0 Å². The number of rotatable bonds is 8. The highest BCUT2D eigenvalue weighted by atomic mass is 15.5. The number of pyridine rings is 2. The van der Waals surface area contributed by atoms with Crippen molar-refractivity contribution in [2.75, 3.05) is 16.2 Å². The molecule has 44 heavy (non-hydrogen) atoms. The van der Waals surface area contributed by atoms with Crippen molar-refractivity contribution < 1.29 is 0 Å². The normalized spacial score (nSPS) is 11.0. The maximum Gasteiger partial charge on any atom is 0.153 e. The van der Waals surface area contributed by atoms with Crippen LogP contribution in [0.3, 0.4) is 0 Å². The van der Waals surface area contributed by atoms with Crippen LogP contribution in [0.4, 0.5) is 23.0 Å². The van der Waals surface area contributed by atoms with E-state index >= 15 is 0 Å². The number of hydrogen-bond donors (Lipinski definition) is 2. The summed E-state index contributed by atoms with van der Waals surface area (Å²) in [4.78, 5) is 9.98. The molecule has 0 saturated carbocycles. The monoisotopic (exact) mass is 572 g/mol. The number of para-hydroxylation sites is 2. The molecule has 4 aromatic carbocycles. The van der Waals surface area contributed by atoms with Gasteiger partial charge in [0.15, 0.2) is 5.82 Å². The Hall–Kier alpha value is -5.88. The van der Waals surface area contributed by atoms with Gasteiger partial charge in [0.2, 0.25) is 0 Å². The Morgan fingerprint density at radius 3 is 2.09 bits per heavy atom. The Bertz CT molecular complexity index is 1980. The predicted octanol–water partition coefficient (Wildman–Crippen LogP) is 9.06. The van der Waals surface area contributed by atoms with Gasteiger partial charge in [-0.15, -0.1) is 0 Å². The Morgan fingerprint density at radius 2 is 1.36 bits per heavy atom. The van der Waals surface area contributed by atoms with Crippen LogP contribution in [0.1, 0.15) is 12.6 Å². The minimum Gasteiger partial charge on any atom is -0.383 e. The van der Waals surface area contributed by atoms with E-state index < -0.39 is 0 Å². The van der Waals surface area contributed by atoms with Gasteiger partial charge in [0.1, 0.15) is 11.5 Å². The second-order valence-electron chi connectivity index (χ2n) is 10.5. The molecular weight excluding hydrogens is 540 g/mol. The van der Waals surface area contributed by atoms with Crippen LogP contribution in [0.15, 0.2) is 146 Å².